The third kappa shape index (κ3) is 3.65. The number of hydrogen-bond donors (Lipinski definition) is 0. The molecule has 0 aliphatic carbocycles. The molecule has 0 saturated heterocycles. The number of aliphatic imine (C=N–C) groups is 1. The Morgan fingerprint density at radius 1 is 1.00 bits per heavy atom. The van der Waals surface area contributed by atoms with Crippen molar-refractivity contribution in [2.75, 3.05) is 19.3 Å². The van der Waals surface area contributed by atoms with Crippen LogP contribution in [-0.2, 0) is 12.8 Å². The lowest BCUT2D eigenvalue weighted by molar-refractivity contribution is 0.447. The van der Waals surface area contributed by atoms with Gasteiger partial charge in [0.25, 0.3) is 0 Å². The van der Waals surface area contributed by atoms with Gasteiger partial charge in [0.1, 0.15) is 0 Å². The first-order chi connectivity index (χ1) is 10.8. The van der Waals surface area contributed by atoms with Crippen molar-refractivity contribution in [3.05, 3.63) is 64.7 Å². The van der Waals surface area contributed by atoms with Gasteiger partial charge in [-0.2, -0.15) is 0 Å². The Labute approximate surface area is 141 Å². The molecule has 1 heterocycles. The molecule has 22 heavy (non-hydrogen) atoms. The highest BCUT2D eigenvalue weighted by molar-refractivity contribution is 8.13. The zero-order chi connectivity index (χ0) is 15.4. The predicted molar refractivity (Wildman–Crippen MR) is 97.5 cm³/mol. The number of hydrogen-bond acceptors (Lipinski definition) is 2. The summed E-state index contributed by atoms with van der Waals surface area (Å²) in [6.45, 7) is 2.04. The minimum absolute atomic E-state index is 0.745. The van der Waals surface area contributed by atoms with Crippen molar-refractivity contribution < 1.29 is 0 Å². The van der Waals surface area contributed by atoms with E-state index in [2.05, 4.69) is 35.4 Å². The minimum Gasteiger partial charge on any atom is -0.351 e. The van der Waals surface area contributed by atoms with E-state index >= 15 is 0 Å². The molecule has 1 aliphatic rings. The topological polar surface area (TPSA) is 15.6 Å². The summed E-state index contributed by atoms with van der Waals surface area (Å²) < 4.78 is 0. The molecule has 0 fully saturated rings. The van der Waals surface area contributed by atoms with E-state index in [-0.39, 0.29) is 0 Å². The van der Waals surface area contributed by atoms with Crippen molar-refractivity contribution in [2.45, 2.75) is 12.8 Å². The molecule has 114 valence electrons. The Bertz CT molecular complexity index is 640. The lowest BCUT2D eigenvalue weighted by atomic mass is 10.0. The van der Waals surface area contributed by atoms with E-state index in [4.69, 9.17) is 16.6 Å². The molecule has 2 nitrogen and oxygen atoms in total. The number of thioether (sulfide) groups is 1. The van der Waals surface area contributed by atoms with E-state index in [9.17, 15) is 0 Å². The lowest BCUT2D eigenvalue weighted by Crippen LogP contribution is -2.31. The molecule has 0 spiro atoms. The monoisotopic (exact) mass is 330 g/mol. The minimum atomic E-state index is 0.745. The van der Waals surface area contributed by atoms with Gasteiger partial charge in [-0.1, -0.05) is 47.6 Å². The fraction of sp³-hybridized carbons (Fsp3) is 0.278. The third-order valence-corrected chi connectivity index (χ3v) is 4.89. The van der Waals surface area contributed by atoms with Crippen molar-refractivity contribution in [2.24, 2.45) is 4.99 Å². The van der Waals surface area contributed by atoms with E-state index in [1.54, 1.807) is 11.8 Å². The van der Waals surface area contributed by atoms with Crippen molar-refractivity contribution in [1.29, 1.82) is 0 Å². The number of nitrogens with zero attached hydrogens (tertiary/aromatic N) is 2. The van der Waals surface area contributed by atoms with E-state index in [1.165, 1.54) is 11.1 Å². The van der Waals surface area contributed by atoms with Crippen LogP contribution in [0.25, 0.3) is 0 Å². The standard InChI is InChI=1S/C18H19ClN2S/c1-22-18(20-17-8-6-16(19)7-9-17)21-12-10-14-4-2-3-5-15(14)11-13-21/h2-9H,10-13H2,1H3/b20-18-. The number of rotatable bonds is 1. The van der Waals surface area contributed by atoms with Crippen LogP contribution in [-0.4, -0.2) is 29.4 Å². The van der Waals surface area contributed by atoms with Gasteiger partial charge in [-0.3, -0.25) is 0 Å². The quantitative estimate of drug-likeness (QED) is 0.552. The highest BCUT2D eigenvalue weighted by Gasteiger charge is 2.16. The largest absolute Gasteiger partial charge is 0.351 e. The van der Waals surface area contributed by atoms with Crippen LogP contribution in [0, 0.1) is 0 Å². The third-order valence-electron chi connectivity index (χ3n) is 3.92. The van der Waals surface area contributed by atoms with Gasteiger partial charge in [-0.05, 0) is 54.5 Å². The number of amidine groups is 1. The highest BCUT2D eigenvalue weighted by Crippen LogP contribution is 2.22. The fourth-order valence-electron chi connectivity index (χ4n) is 2.73. The Morgan fingerprint density at radius 2 is 1.59 bits per heavy atom. The van der Waals surface area contributed by atoms with Crippen molar-refractivity contribution in [3.63, 3.8) is 0 Å². The van der Waals surface area contributed by atoms with Gasteiger partial charge in [0.05, 0.1) is 5.69 Å². The Balaban J connectivity index is 1.78. The average molecular weight is 331 g/mol. The van der Waals surface area contributed by atoms with Crippen LogP contribution in [0.15, 0.2) is 53.5 Å². The second-order valence-electron chi connectivity index (χ2n) is 5.33. The summed E-state index contributed by atoms with van der Waals surface area (Å²) in [6, 6.07) is 16.4. The summed E-state index contributed by atoms with van der Waals surface area (Å²) in [6.07, 6.45) is 4.25. The molecule has 4 heteroatoms. The molecular formula is C18H19ClN2S. The Hall–Kier alpha value is -1.45. The van der Waals surface area contributed by atoms with E-state index in [0.717, 1.165) is 41.8 Å². The van der Waals surface area contributed by atoms with Gasteiger partial charge in [-0.25, -0.2) is 4.99 Å². The maximum Gasteiger partial charge on any atom is 0.164 e. The van der Waals surface area contributed by atoms with Gasteiger partial charge >= 0.3 is 0 Å². The normalized spacial score (nSPS) is 15.4. The zero-order valence-electron chi connectivity index (χ0n) is 12.6. The van der Waals surface area contributed by atoms with Crippen LogP contribution in [0.1, 0.15) is 11.1 Å². The molecule has 0 bridgehead atoms. The van der Waals surface area contributed by atoms with Crippen LogP contribution >= 0.6 is 23.4 Å². The van der Waals surface area contributed by atoms with Gasteiger partial charge in [0, 0.05) is 18.1 Å². The van der Waals surface area contributed by atoms with Crippen molar-refractivity contribution >= 4 is 34.2 Å². The molecule has 0 N–H and O–H groups in total. The molecule has 0 atom stereocenters. The summed E-state index contributed by atoms with van der Waals surface area (Å²) in [5.41, 5.74) is 3.89. The molecule has 0 saturated carbocycles. The average Bonchev–Trinajstić information content (AvgIpc) is 2.77. The molecule has 2 aromatic carbocycles. The smallest absolute Gasteiger partial charge is 0.164 e. The predicted octanol–water partition coefficient (Wildman–Crippen LogP) is 4.79. The molecule has 0 aromatic heterocycles. The summed E-state index contributed by atoms with van der Waals surface area (Å²) >= 11 is 7.65. The Kier molecular flexibility index (Phi) is 5.06. The van der Waals surface area contributed by atoms with Gasteiger partial charge in [0.15, 0.2) is 5.17 Å². The lowest BCUT2D eigenvalue weighted by Gasteiger charge is -2.22. The molecule has 0 amide bonds. The first-order valence-corrected chi connectivity index (χ1v) is 9.06. The van der Waals surface area contributed by atoms with Crippen LogP contribution < -0.4 is 0 Å². The van der Waals surface area contributed by atoms with Crippen LogP contribution in [0.4, 0.5) is 5.69 Å². The summed E-state index contributed by atoms with van der Waals surface area (Å²) in [7, 11) is 0. The van der Waals surface area contributed by atoms with Gasteiger partial charge in [-0.15, -0.1) is 0 Å². The van der Waals surface area contributed by atoms with Crippen LogP contribution in [0.2, 0.25) is 5.02 Å². The zero-order valence-corrected chi connectivity index (χ0v) is 14.2. The fourth-order valence-corrected chi connectivity index (χ4v) is 3.49. The molecule has 2 aromatic rings. The van der Waals surface area contributed by atoms with Crippen LogP contribution in [0.3, 0.4) is 0 Å². The molecular weight excluding hydrogens is 312 g/mol. The molecule has 1 aliphatic heterocycles. The van der Waals surface area contributed by atoms with Crippen LogP contribution in [0.5, 0.6) is 0 Å². The van der Waals surface area contributed by atoms with E-state index in [1.807, 2.05) is 24.3 Å². The maximum absolute atomic E-state index is 5.94. The van der Waals surface area contributed by atoms with Crippen molar-refractivity contribution in [1.82, 2.24) is 4.90 Å². The van der Waals surface area contributed by atoms with Gasteiger partial charge < -0.3 is 4.90 Å². The Morgan fingerprint density at radius 3 is 2.14 bits per heavy atom. The molecule has 3 rings (SSSR count). The van der Waals surface area contributed by atoms with E-state index in [0.29, 0.717) is 0 Å². The first-order valence-electron chi connectivity index (χ1n) is 7.46. The number of benzene rings is 2. The highest BCUT2D eigenvalue weighted by atomic mass is 35.5. The second kappa shape index (κ2) is 7.21. The first kappa shape index (κ1) is 15.4. The number of fused-ring (bicyclic) bond motifs is 1. The van der Waals surface area contributed by atoms with Crippen molar-refractivity contribution in [3.8, 4) is 0 Å². The summed E-state index contributed by atoms with van der Waals surface area (Å²) in [5.74, 6) is 0. The SMILES string of the molecule is CS/C(=N\c1ccc(Cl)cc1)N1CCc2ccccc2CC1. The number of halogens is 1. The summed E-state index contributed by atoms with van der Waals surface area (Å²) in [5, 5.41) is 1.82. The second-order valence-corrected chi connectivity index (χ2v) is 6.54. The molecule has 0 unspecified atom stereocenters. The van der Waals surface area contributed by atoms with Gasteiger partial charge in [0.2, 0.25) is 0 Å². The maximum atomic E-state index is 5.94. The summed E-state index contributed by atoms with van der Waals surface area (Å²) in [4.78, 5) is 7.18. The molecule has 0 radical (unpaired) electrons. The van der Waals surface area contributed by atoms with E-state index < -0.39 is 0 Å².